The zero-order valence-corrected chi connectivity index (χ0v) is 12.7. The Bertz CT molecular complexity index is 686. The van der Waals surface area contributed by atoms with Crippen LogP contribution in [0.3, 0.4) is 0 Å². The van der Waals surface area contributed by atoms with E-state index in [1.807, 2.05) is 24.3 Å². The number of halogens is 1. The summed E-state index contributed by atoms with van der Waals surface area (Å²) in [4.78, 5) is 12.0. The maximum absolute atomic E-state index is 12.0. The number of hydrogen-bond acceptors (Lipinski definition) is 3. The highest BCUT2D eigenvalue weighted by molar-refractivity contribution is 9.10. The molecule has 0 bridgehead atoms. The average Bonchev–Trinajstić information content (AvgIpc) is 2.46. The Hall–Kier alpha value is -2.34. The van der Waals surface area contributed by atoms with Crippen molar-refractivity contribution >= 4 is 33.4 Å². The Labute approximate surface area is 130 Å². The van der Waals surface area contributed by atoms with Gasteiger partial charge in [0.15, 0.2) is 5.84 Å². The zero-order chi connectivity index (χ0) is 15.2. The first kappa shape index (κ1) is 15.1. The van der Waals surface area contributed by atoms with Crippen LogP contribution in [0.1, 0.15) is 11.1 Å². The van der Waals surface area contributed by atoms with E-state index in [2.05, 4.69) is 26.4 Å². The lowest BCUT2D eigenvalue weighted by molar-refractivity contribution is -0.115. The minimum Gasteiger partial charge on any atom is -0.409 e. The molecule has 0 fully saturated rings. The molecule has 5 nitrogen and oxygen atoms in total. The Balaban J connectivity index is 2.06. The molecular weight excluding hydrogens is 334 g/mol. The van der Waals surface area contributed by atoms with Crippen molar-refractivity contribution in [2.24, 2.45) is 10.9 Å². The summed E-state index contributed by atoms with van der Waals surface area (Å²) in [6, 6.07) is 14.4. The second-order valence-corrected chi connectivity index (χ2v) is 5.34. The van der Waals surface area contributed by atoms with E-state index < -0.39 is 0 Å². The molecule has 0 aliphatic heterocycles. The molecule has 0 saturated heterocycles. The molecule has 0 spiro atoms. The second kappa shape index (κ2) is 6.90. The van der Waals surface area contributed by atoms with Crippen LogP contribution >= 0.6 is 15.9 Å². The molecule has 21 heavy (non-hydrogen) atoms. The van der Waals surface area contributed by atoms with Crippen molar-refractivity contribution in [3.05, 3.63) is 64.1 Å². The van der Waals surface area contributed by atoms with Crippen LogP contribution in [0.15, 0.2) is 58.2 Å². The van der Waals surface area contributed by atoms with Crippen molar-refractivity contribution in [2.45, 2.75) is 6.42 Å². The lowest BCUT2D eigenvalue weighted by Crippen LogP contribution is -2.16. The van der Waals surface area contributed by atoms with Gasteiger partial charge in [0.05, 0.1) is 6.42 Å². The molecule has 0 aliphatic carbocycles. The van der Waals surface area contributed by atoms with Gasteiger partial charge in [0, 0.05) is 15.7 Å². The number of hydrogen-bond donors (Lipinski definition) is 3. The fraction of sp³-hybridized carbons (Fsp3) is 0.0667. The maximum Gasteiger partial charge on any atom is 0.228 e. The van der Waals surface area contributed by atoms with Crippen molar-refractivity contribution in [3.63, 3.8) is 0 Å². The van der Waals surface area contributed by atoms with E-state index in [-0.39, 0.29) is 18.2 Å². The van der Waals surface area contributed by atoms with E-state index in [0.717, 1.165) is 10.0 Å². The molecule has 0 atom stereocenters. The number of benzene rings is 2. The number of oxime groups is 1. The molecule has 2 aromatic rings. The Morgan fingerprint density at radius 1 is 1.24 bits per heavy atom. The van der Waals surface area contributed by atoms with Gasteiger partial charge in [-0.25, -0.2) is 0 Å². The molecule has 108 valence electrons. The average molecular weight is 348 g/mol. The Morgan fingerprint density at radius 3 is 2.71 bits per heavy atom. The predicted octanol–water partition coefficient (Wildman–Crippen LogP) is 2.72. The first-order valence-corrected chi connectivity index (χ1v) is 7.00. The molecule has 2 rings (SSSR count). The summed E-state index contributed by atoms with van der Waals surface area (Å²) < 4.78 is 0.932. The van der Waals surface area contributed by atoms with Gasteiger partial charge in [-0.05, 0) is 29.8 Å². The third-order valence-corrected chi connectivity index (χ3v) is 3.30. The summed E-state index contributed by atoms with van der Waals surface area (Å²) in [5.74, 6) is -0.136. The van der Waals surface area contributed by atoms with Gasteiger partial charge in [-0.15, -0.1) is 0 Å². The molecule has 0 aromatic heterocycles. The van der Waals surface area contributed by atoms with E-state index in [9.17, 15) is 4.79 Å². The van der Waals surface area contributed by atoms with Crippen LogP contribution in [0, 0.1) is 0 Å². The van der Waals surface area contributed by atoms with Gasteiger partial charge in [-0.1, -0.05) is 45.4 Å². The van der Waals surface area contributed by atoms with Gasteiger partial charge in [0.2, 0.25) is 5.91 Å². The topological polar surface area (TPSA) is 87.7 Å². The lowest BCUT2D eigenvalue weighted by atomic mass is 10.1. The van der Waals surface area contributed by atoms with Gasteiger partial charge < -0.3 is 16.3 Å². The molecule has 0 unspecified atom stereocenters. The van der Waals surface area contributed by atoms with Crippen LogP contribution in [-0.4, -0.2) is 17.0 Å². The summed E-state index contributed by atoms with van der Waals surface area (Å²) in [6.07, 6.45) is 0.271. The molecule has 0 saturated carbocycles. The fourth-order valence-electron chi connectivity index (χ4n) is 1.85. The number of carbonyl (C=O) groups excluding carboxylic acids is 1. The largest absolute Gasteiger partial charge is 0.409 e. The van der Waals surface area contributed by atoms with E-state index in [1.165, 1.54) is 0 Å². The van der Waals surface area contributed by atoms with E-state index in [0.29, 0.717) is 11.3 Å². The normalized spacial score (nSPS) is 11.2. The zero-order valence-electron chi connectivity index (χ0n) is 11.1. The summed E-state index contributed by atoms with van der Waals surface area (Å²) in [7, 11) is 0. The predicted molar refractivity (Wildman–Crippen MR) is 85.4 cm³/mol. The lowest BCUT2D eigenvalue weighted by Gasteiger charge is -2.07. The van der Waals surface area contributed by atoms with E-state index in [4.69, 9.17) is 10.9 Å². The highest BCUT2D eigenvalue weighted by Gasteiger charge is 2.06. The highest BCUT2D eigenvalue weighted by atomic mass is 79.9. The number of anilines is 1. The first-order chi connectivity index (χ1) is 10.1. The number of carbonyl (C=O) groups is 1. The quantitative estimate of drug-likeness (QED) is 0.344. The number of nitrogens with zero attached hydrogens (tertiary/aromatic N) is 1. The van der Waals surface area contributed by atoms with E-state index >= 15 is 0 Å². The van der Waals surface area contributed by atoms with Crippen molar-refractivity contribution < 1.29 is 10.0 Å². The molecular formula is C15H14BrN3O2. The molecule has 0 heterocycles. The third kappa shape index (κ3) is 4.32. The smallest absolute Gasteiger partial charge is 0.228 e. The van der Waals surface area contributed by atoms with Gasteiger partial charge in [0.25, 0.3) is 0 Å². The molecule has 1 amide bonds. The van der Waals surface area contributed by atoms with Crippen LogP contribution in [0.25, 0.3) is 0 Å². The third-order valence-electron chi connectivity index (χ3n) is 2.80. The monoisotopic (exact) mass is 347 g/mol. The van der Waals surface area contributed by atoms with Crippen molar-refractivity contribution in [1.29, 1.82) is 0 Å². The number of amidine groups is 1. The van der Waals surface area contributed by atoms with E-state index in [1.54, 1.807) is 24.3 Å². The Morgan fingerprint density at radius 2 is 2.00 bits per heavy atom. The van der Waals surface area contributed by atoms with Gasteiger partial charge in [0.1, 0.15) is 0 Å². The molecule has 0 radical (unpaired) electrons. The molecule has 4 N–H and O–H groups in total. The maximum atomic E-state index is 12.0. The standard InChI is InChI=1S/C15H14BrN3O2/c16-12-5-1-3-10(7-12)8-14(20)18-13-6-2-4-11(9-13)15(17)19-21/h1-7,9,21H,8H2,(H2,17,19)(H,18,20). The van der Waals surface area contributed by atoms with Crippen LogP contribution < -0.4 is 11.1 Å². The number of nitrogens with two attached hydrogens (primary N) is 1. The van der Waals surface area contributed by atoms with Crippen molar-refractivity contribution in [2.75, 3.05) is 5.32 Å². The van der Waals surface area contributed by atoms with Crippen molar-refractivity contribution in [1.82, 2.24) is 0 Å². The van der Waals surface area contributed by atoms with Gasteiger partial charge >= 0.3 is 0 Å². The molecule has 2 aromatic carbocycles. The van der Waals surface area contributed by atoms with Gasteiger partial charge in [-0.3, -0.25) is 4.79 Å². The Kier molecular flexibility index (Phi) is 4.94. The summed E-state index contributed by atoms with van der Waals surface area (Å²) in [6.45, 7) is 0. The minimum atomic E-state index is -0.134. The van der Waals surface area contributed by atoms with Crippen LogP contribution in [-0.2, 0) is 11.2 Å². The number of nitrogens with one attached hydrogen (secondary N) is 1. The van der Waals surface area contributed by atoms with Crippen LogP contribution in [0.4, 0.5) is 5.69 Å². The minimum absolute atomic E-state index is 0.00177. The molecule has 6 heteroatoms. The highest BCUT2D eigenvalue weighted by Crippen LogP contribution is 2.14. The SMILES string of the molecule is NC(=NO)c1cccc(NC(=O)Cc2cccc(Br)c2)c1. The first-order valence-electron chi connectivity index (χ1n) is 6.21. The number of rotatable bonds is 4. The second-order valence-electron chi connectivity index (χ2n) is 4.42. The summed E-state index contributed by atoms with van der Waals surface area (Å²) in [5, 5.41) is 14.4. The number of amides is 1. The van der Waals surface area contributed by atoms with Crippen LogP contribution in [0.2, 0.25) is 0 Å². The summed E-state index contributed by atoms with van der Waals surface area (Å²) in [5.41, 5.74) is 7.56. The fourth-order valence-corrected chi connectivity index (χ4v) is 2.30. The molecule has 0 aliphatic rings. The van der Waals surface area contributed by atoms with Crippen LogP contribution in [0.5, 0.6) is 0 Å². The van der Waals surface area contributed by atoms with Gasteiger partial charge in [-0.2, -0.15) is 0 Å². The van der Waals surface area contributed by atoms with Crippen molar-refractivity contribution in [3.8, 4) is 0 Å². The summed E-state index contributed by atoms with van der Waals surface area (Å²) >= 11 is 3.37.